The van der Waals surface area contributed by atoms with Crippen molar-refractivity contribution in [1.29, 1.82) is 0 Å². The highest BCUT2D eigenvalue weighted by Crippen LogP contribution is 2.22. The molecule has 146 valence electrons. The van der Waals surface area contributed by atoms with E-state index in [1.165, 1.54) is 18.3 Å². The lowest BCUT2D eigenvalue weighted by molar-refractivity contribution is 0.0510. The van der Waals surface area contributed by atoms with Crippen molar-refractivity contribution in [3.8, 4) is 0 Å². The van der Waals surface area contributed by atoms with Crippen LogP contribution in [-0.2, 0) is 9.47 Å². The number of anilines is 2. The maximum absolute atomic E-state index is 11.3. The third kappa shape index (κ3) is 7.00. The molecule has 2 aromatic heterocycles. The highest BCUT2D eigenvalue weighted by atomic mass is 127. The fourth-order valence-electron chi connectivity index (χ4n) is 1.63. The fourth-order valence-corrected chi connectivity index (χ4v) is 2.51. The zero-order valence-electron chi connectivity index (χ0n) is 14.5. The number of rotatable bonds is 4. The van der Waals surface area contributed by atoms with Crippen molar-refractivity contribution in [3.63, 3.8) is 0 Å². The molecule has 0 aliphatic heterocycles. The molecule has 27 heavy (non-hydrogen) atoms. The van der Waals surface area contributed by atoms with Crippen LogP contribution < -0.4 is 11.5 Å². The van der Waals surface area contributed by atoms with Crippen molar-refractivity contribution in [2.24, 2.45) is 0 Å². The minimum atomic E-state index is -0.535. The standard InChI is InChI=1S/C8H8ClIN2O2.C8H9ClN2O2/c1-2-14-8(13)6-4(9)3-5(11)7(10)12-6;1-2-13-8(12)7-6(9)3-5(10)4-11-7/h3H,2,11H2,1H3;3-4H,2,10H2,1H3. The summed E-state index contributed by atoms with van der Waals surface area (Å²) in [5.74, 6) is -1.07. The molecule has 0 aromatic carbocycles. The average Bonchev–Trinajstić information content (AvgIpc) is 2.59. The molecular formula is C16H17Cl2IN4O4. The van der Waals surface area contributed by atoms with Crippen LogP contribution in [0.25, 0.3) is 0 Å². The van der Waals surface area contributed by atoms with Crippen LogP contribution in [0.3, 0.4) is 0 Å². The summed E-state index contributed by atoms with van der Waals surface area (Å²) in [6.07, 6.45) is 1.36. The Morgan fingerprint density at radius 1 is 1.04 bits per heavy atom. The monoisotopic (exact) mass is 526 g/mol. The quantitative estimate of drug-likeness (QED) is 0.351. The van der Waals surface area contributed by atoms with Crippen LogP contribution in [0.4, 0.5) is 11.4 Å². The first-order valence-corrected chi connectivity index (χ1v) is 9.41. The second-order valence-corrected chi connectivity index (χ2v) is 6.58. The summed E-state index contributed by atoms with van der Waals surface area (Å²) in [6.45, 7) is 4.01. The van der Waals surface area contributed by atoms with Crippen molar-refractivity contribution < 1.29 is 19.1 Å². The Labute approximate surface area is 179 Å². The summed E-state index contributed by atoms with van der Waals surface area (Å²) in [5.41, 5.74) is 12.0. The van der Waals surface area contributed by atoms with E-state index in [-0.39, 0.29) is 28.0 Å². The van der Waals surface area contributed by atoms with Crippen LogP contribution in [0.5, 0.6) is 0 Å². The van der Waals surface area contributed by atoms with E-state index in [1.807, 2.05) is 22.6 Å². The fraction of sp³-hybridized carbons (Fsp3) is 0.250. The van der Waals surface area contributed by atoms with Crippen molar-refractivity contribution in [1.82, 2.24) is 9.97 Å². The minimum absolute atomic E-state index is 0.0951. The lowest BCUT2D eigenvalue weighted by atomic mass is 10.3. The molecule has 0 aliphatic rings. The third-order valence-corrected chi connectivity index (χ3v) is 4.20. The highest BCUT2D eigenvalue weighted by molar-refractivity contribution is 14.1. The first kappa shape index (κ1) is 23.2. The number of hydrogen-bond acceptors (Lipinski definition) is 8. The molecule has 0 atom stereocenters. The van der Waals surface area contributed by atoms with Crippen LogP contribution >= 0.6 is 45.8 Å². The topological polar surface area (TPSA) is 130 Å². The van der Waals surface area contributed by atoms with Gasteiger partial charge < -0.3 is 20.9 Å². The Balaban J connectivity index is 0.000000271. The normalized spacial score (nSPS) is 9.81. The summed E-state index contributed by atoms with van der Waals surface area (Å²) >= 11 is 13.4. The Morgan fingerprint density at radius 2 is 1.56 bits per heavy atom. The number of nitrogens with two attached hydrogens (primary N) is 2. The van der Waals surface area contributed by atoms with E-state index in [2.05, 4.69) is 9.97 Å². The largest absolute Gasteiger partial charge is 0.461 e. The lowest BCUT2D eigenvalue weighted by Gasteiger charge is -2.05. The lowest BCUT2D eigenvalue weighted by Crippen LogP contribution is -2.09. The molecular weight excluding hydrogens is 510 g/mol. The molecule has 2 heterocycles. The molecule has 11 heteroatoms. The molecule has 0 radical (unpaired) electrons. The summed E-state index contributed by atoms with van der Waals surface area (Å²) in [4.78, 5) is 30.2. The van der Waals surface area contributed by atoms with Gasteiger partial charge in [0.05, 0.1) is 40.8 Å². The predicted molar refractivity (Wildman–Crippen MR) is 112 cm³/mol. The number of halogens is 3. The molecule has 0 fully saturated rings. The van der Waals surface area contributed by atoms with Crippen LogP contribution in [0.1, 0.15) is 34.8 Å². The molecule has 0 saturated heterocycles. The van der Waals surface area contributed by atoms with Gasteiger partial charge in [-0.1, -0.05) is 23.2 Å². The number of nitrogen functional groups attached to an aromatic ring is 2. The van der Waals surface area contributed by atoms with Crippen molar-refractivity contribution in [2.45, 2.75) is 13.8 Å². The molecule has 2 rings (SSSR count). The summed E-state index contributed by atoms with van der Waals surface area (Å²) in [5, 5.41) is 0.416. The van der Waals surface area contributed by atoms with Gasteiger partial charge in [-0.2, -0.15) is 0 Å². The molecule has 0 amide bonds. The van der Waals surface area contributed by atoms with Gasteiger partial charge in [0, 0.05) is 0 Å². The van der Waals surface area contributed by atoms with Gasteiger partial charge in [-0.3, -0.25) is 0 Å². The van der Waals surface area contributed by atoms with Gasteiger partial charge in [0.2, 0.25) is 0 Å². The highest BCUT2D eigenvalue weighted by Gasteiger charge is 2.15. The van der Waals surface area contributed by atoms with E-state index in [1.54, 1.807) is 13.8 Å². The molecule has 0 spiro atoms. The predicted octanol–water partition coefficient (Wildman–Crippen LogP) is 3.59. The third-order valence-electron chi connectivity index (χ3n) is 2.76. The van der Waals surface area contributed by atoms with Crippen molar-refractivity contribution in [2.75, 3.05) is 24.7 Å². The van der Waals surface area contributed by atoms with Crippen molar-refractivity contribution >= 4 is 69.1 Å². The second kappa shape index (κ2) is 11.1. The first-order chi connectivity index (χ1) is 12.7. The van der Waals surface area contributed by atoms with Crippen LogP contribution in [0.2, 0.25) is 10.0 Å². The number of carbonyl (C=O) groups is 2. The van der Waals surface area contributed by atoms with E-state index in [9.17, 15) is 9.59 Å². The summed E-state index contributed by atoms with van der Waals surface area (Å²) in [6, 6.07) is 2.95. The molecule has 2 aromatic rings. The minimum Gasteiger partial charge on any atom is -0.461 e. The zero-order chi connectivity index (χ0) is 20.6. The maximum Gasteiger partial charge on any atom is 0.358 e. The van der Waals surface area contributed by atoms with Crippen molar-refractivity contribution in [3.05, 3.63) is 43.5 Å². The van der Waals surface area contributed by atoms with Gasteiger partial charge in [0.1, 0.15) is 3.70 Å². The Morgan fingerprint density at radius 3 is 2.07 bits per heavy atom. The Bertz CT molecular complexity index is 836. The maximum atomic E-state index is 11.3. The van der Waals surface area contributed by atoms with E-state index < -0.39 is 11.9 Å². The Kier molecular flexibility index (Phi) is 9.53. The number of hydrogen-bond donors (Lipinski definition) is 2. The number of esters is 2. The zero-order valence-corrected chi connectivity index (χ0v) is 18.1. The molecule has 4 N–H and O–H groups in total. The summed E-state index contributed by atoms with van der Waals surface area (Å²) in [7, 11) is 0. The number of pyridine rings is 2. The van der Waals surface area contributed by atoms with Crippen LogP contribution in [-0.4, -0.2) is 35.1 Å². The number of carbonyl (C=O) groups excluding carboxylic acids is 2. The van der Waals surface area contributed by atoms with E-state index in [4.69, 9.17) is 44.1 Å². The van der Waals surface area contributed by atoms with Gasteiger partial charge in [0.15, 0.2) is 11.4 Å². The van der Waals surface area contributed by atoms with E-state index >= 15 is 0 Å². The average molecular weight is 527 g/mol. The van der Waals surface area contributed by atoms with Gasteiger partial charge in [-0.15, -0.1) is 0 Å². The number of nitrogens with zero attached hydrogens (tertiary/aromatic N) is 2. The molecule has 8 nitrogen and oxygen atoms in total. The number of aromatic nitrogens is 2. The van der Waals surface area contributed by atoms with Gasteiger partial charge in [0.25, 0.3) is 0 Å². The van der Waals surface area contributed by atoms with Gasteiger partial charge in [-0.05, 0) is 48.6 Å². The second-order valence-electron chi connectivity index (χ2n) is 4.74. The first-order valence-electron chi connectivity index (χ1n) is 7.57. The molecule has 0 unspecified atom stereocenters. The number of ether oxygens (including phenoxy) is 2. The van der Waals surface area contributed by atoms with Gasteiger partial charge >= 0.3 is 11.9 Å². The molecule has 0 bridgehead atoms. The van der Waals surface area contributed by atoms with Crippen LogP contribution in [0.15, 0.2) is 18.3 Å². The SMILES string of the molecule is CCOC(=O)c1nc(I)c(N)cc1Cl.CCOC(=O)c1ncc(N)cc1Cl. The molecule has 0 saturated carbocycles. The smallest absolute Gasteiger partial charge is 0.358 e. The van der Waals surface area contributed by atoms with E-state index in [0.717, 1.165) is 0 Å². The van der Waals surface area contributed by atoms with Crippen LogP contribution in [0, 0.1) is 3.70 Å². The Hall–Kier alpha value is -1.85. The molecule has 0 aliphatic carbocycles. The van der Waals surface area contributed by atoms with Gasteiger partial charge in [-0.25, -0.2) is 19.6 Å². The van der Waals surface area contributed by atoms with E-state index in [0.29, 0.717) is 21.7 Å². The summed E-state index contributed by atoms with van der Waals surface area (Å²) < 4.78 is 10.0.